The second-order valence-electron chi connectivity index (χ2n) is 6.05. The summed E-state index contributed by atoms with van der Waals surface area (Å²) in [5.41, 5.74) is 0.520. The minimum Gasteiger partial charge on any atom is -0.444 e. The van der Waals surface area contributed by atoms with Crippen LogP contribution in [-0.2, 0) is 18.3 Å². The van der Waals surface area contributed by atoms with E-state index in [2.05, 4.69) is 10.4 Å². The minimum absolute atomic E-state index is 0.0496. The molecule has 0 bridgehead atoms. The van der Waals surface area contributed by atoms with Crippen LogP contribution in [0.15, 0.2) is 12.3 Å². The monoisotopic (exact) mass is 282 g/mol. The highest BCUT2D eigenvalue weighted by Crippen LogP contribution is 2.10. The van der Waals surface area contributed by atoms with E-state index < -0.39 is 5.60 Å². The Labute approximate surface area is 121 Å². The van der Waals surface area contributed by atoms with Crippen LogP contribution >= 0.6 is 0 Å². The van der Waals surface area contributed by atoms with Crippen molar-refractivity contribution in [3.8, 4) is 0 Å². The number of hydrogen-bond acceptors (Lipinski definition) is 4. The standard InChI is InChI=1S/C14H26N4O2/c1-11(18(6)13(19)20-14(2,3)4)9-15-10-12-7-8-17(5)16-12/h7-8,11,15H,9-10H2,1-6H3/t11-/m1/s1. The molecule has 0 aliphatic heterocycles. The predicted molar refractivity (Wildman–Crippen MR) is 78.4 cm³/mol. The van der Waals surface area contributed by atoms with Crippen LogP contribution in [0.25, 0.3) is 0 Å². The number of aryl methyl sites for hydroxylation is 1. The highest BCUT2D eigenvalue weighted by molar-refractivity contribution is 5.68. The topological polar surface area (TPSA) is 59.4 Å². The molecule has 0 unspecified atom stereocenters. The third-order valence-electron chi connectivity index (χ3n) is 2.86. The first kappa shape index (κ1) is 16.5. The molecule has 1 heterocycles. The van der Waals surface area contributed by atoms with Crippen LogP contribution in [0.3, 0.4) is 0 Å². The van der Waals surface area contributed by atoms with E-state index in [1.165, 1.54) is 0 Å². The number of hydrogen-bond donors (Lipinski definition) is 1. The van der Waals surface area contributed by atoms with Crippen molar-refractivity contribution in [2.75, 3.05) is 13.6 Å². The zero-order valence-electron chi connectivity index (χ0n) is 13.3. The fraction of sp³-hybridized carbons (Fsp3) is 0.714. The van der Waals surface area contributed by atoms with Crippen molar-refractivity contribution in [2.45, 2.75) is 45.9 Å². The van der Waals surface area contributed by atoms with Crippen molar-refractivity contribution in [1.29, 1.82) is 0 Å². The van der Waals surface area contributed by atoms with Crippen LogP contribution < -0.4 is 5.32 Å². The molecular formula is C14H26N4O2. The Morgan fingerprint density at radius 1 is 1.55 bits per heavy atom. The first-order valence-electron chi connectivity index (χ1n) is 6.84. The number of carbonyl (C=O) groups is 1. The smallest absolute Gasteiger partial charge is 0.410 e. The highest BCUT2D eigenvalue weighted by atomic mass is 16.6. The van der Waals surface area contributed by atoms with E-state index in [4.69, 9.17) is 4.74 Å². The third kappa shape index (κ3) is 5.61. The quantitative estimate of drug-likeness (QED) is 0.894. The molecule has 6 nitrogen and oxygen atoms in total. The van der Waals surface area contributed by atoms with Gasteiger partial charge in [0.25, 0.3) is 0 Å². The number of amides is 1. The van der Waals surface area contributed by atoms with Gasteiger partial charge in [-0.15, -0.1) is 0 Å². The molecule has 0 aliphatic carbocycles. The highest BCUT2D eigenvalue weighted by Gasteiger charge is 2.22. The lowest BCUT2D eigenvalue weighted by atomic mass is 10.2. The Hall–Kier alpha value is -1.56. The molecule has 0 radical (unpaired) electrons. The van der Waals surface area contributed by atoms with Gasteiger partial charge >= 0.3 is 6.09 Å². The average Bonchev–Trinajstić information content (AvgIpc) is 2.71. The summed E-state index contributed by atoms with van der Waals surface area (Å²) >= 11 is 0. The van der Waals surface area contributed by atoms with Gasteiger partial charge in [0.1, 0.15) is 5.60 Å². The maximum Gasteiger partial charge on any atom is 0.410 e. The summed E-state index contributed by atoms with van der Waals surface area (Å²) in [6.07, 6.45) is 1.61. The van der Waals surface area contributed by atoms with Gasteiger partial charge < -0.3 is 15.0 Å². The van der Waals surface area contributed by atoms with Crippen molar-refractivity contribution in [2.24, 2.45) is 7.05 Å². The number of nitrogens with one attached hydrogen (secondary N) is 1. The zero-order valence-corrected chi connectivity index (χ0v) is 13.3. The van der Waals surface area contributed by atoms with Gasteiger partial charge in [-0.25, -0.2) is 4.79 Å². The Kier molecular flexibility index (Phi) is 5.56. The fourth-order valence-corrected chi connectivity index (χ4v) is 1.62. The van der Waals surface area contributed by atoms with Crippen molar-refractivity contribution in [3.63, 3.8) is 0 Å². The van der Waals surface area contributed by atoms with Crippen LogP contribution in [-0.4, -0.2) is 46.0 Å². The van der Waals surface area contributed by atoms with Gasteiger partial charge in [0, 0.05) is 39.4 Å². The summed E-state index contributed by atoms with van der Waals surface area (Å²) in [5.74, 6) is 0. The maximum atomic E-state index is 11.9. The molecule has 1 atom stereocenters. The number of aromatic nitrogens is 2. The third-order valence-corrected chi connectivity index (χ3v) is 2.86. The number of ether oxygens (including phenoxy) is 1. The molecule has 0 spiro atoms. The normalized spacial score (nSPS) is 13.1. The number of nitrogens with zero attached hydrogens (tertiary/aromatic N) is 3. The molecular weight excluding hydrogens is 256 g/mol. The number of rotatable bonds is 5. The molecule has 1 aromatic rings. The van der Waals surface area contributed by atoms with Crippen LogP contribution in [0, 0.1) is 0 Å². The lowest BCUT2D eigenvalue weighted by Gasteiger charge is -2.28. The van der Waals surface area contributed by atoms with Crippen LogP contribution in [0.1, 0.15) is 33.4 Å². The van der Waals surface area contributed by atoms with Crippen molar-refractivity contribution >= 4 is 6.09 Å². The average molecular weight is 282 g/mol. The Morgan fingerprint density at radius 2 is 2.20 bits per heavy atom. The van der Waals surface area contributed by atoms with E-state index in [9.17, 15) is 4.79 Å². The first-order chi connectivity index (χ1) is 9.19. The Balaban J connectivity index is 2.34. The Morgan fingerprint density at radius 3 is 2.70 bits per heavy atom. The molecule has 20 heavy (non-hydrogen) atoms. The molecule has 1 N–H and O–H groups in total. The number of likely N-dealkylation sites (N-methyl/N-ethyl adjacent to an activating group) is 1. The summed E-state index contributed by atoms with van der Waals surface area (Å²) in [5, 5.41) is 7.57. The minimum atomic E-state index is -0.466. The molecule has 0 fully saturated rings. The summed E-state index contributed by atoms with van der Waals surface area (Å²) < 4.78 is 7.10. The summed E-state index contributed by atoms with van der Waals surface area (Å²) in [6.45, 7) is 8.95. The van der Waals surface area contributed by atoms with Gasteiger partial charge in [-0.2, -0.15) is 5.10 Å². The van der Waals surface area contributed by atoms with E-state index >= 15 is 0 Å². The number of carbonyl (C=O) groups excluding carboxylic acids is 1. The van der Waals surface area contributed by atoms with E-state index in [0.717, 1.165) is 5.69 Å². The van der Waals surface area contributed by atoms with Gasteiger partial charge in [0.2, 0.25) is 0 Å². The van der Waals surface area contributed by atoms with Crippen molar-refractivity contribution in [3.05, 3.63) is 18.0 Å². The molecule has 0 saturated heterocycles. The molecule has 1 aromatic heterocycles. The first-order valence-corrected chi connectivity index (χ1v) is 6.84. The lowest BCUT2D eigenvalue weighted by molar-refractivity contribution is 0.0236. The van der Waals surface area contributed by atoms with E-state index in [0.29, 0.717) is 13.1 Å². The van der Waals surface area contributed by atoms with Crippen LogP contribution in [0.2, 0.25) is 0 Å². The van der Waals surface area contributed by atoms with Crippen LogP contribution in [0.5, 0.6) is 0 Å². The van der Waals surface area contributed by atoms with E-state index in [-0.39, 0.29) is 12.1 Å². The largest absolute Gasteiger partial charge is 0.444 e. The van der Waals surface area contributed by atoms with Gasteiger partial charge in [0.05, 0.1) is 5.69 Å². The van der Waals surface area contributed by atoms with E-state index in [1.54, 1.807) is 16.6 Å². The zero-order chi connectivity index (χ0) is 15.3. The molecule has 0 saturated carbocycles. The second kappa shape index (κ2) is 6.74. The molecule has 0 aromatic carbocycles. The van der Waals surface area contributed by atoms with Crippen molar-refractivity contribution in [1.82, 2.24) is 20.0 Å². The summed E-state index contributed by atoms with van der Waals surface area (Å²) in [4.78, 5) is 13.5. The Bertz CT molecular complexity index is 437. The molecule has 0 aliphatic rings. The predicted octanol–water partition coefficient (Wildman–Crippen LogP) is 1.77. The van der Waals surface area contributed by atoms with Gasteiger partial charge in [-0.1, -0.05) is 0 Å². The van der Waals surface area contributed by atoms with E-state index in [1.807, 2.05) is 47.0 Å². The summed E-state index contributed by atoms with van der Waals surface area (Å²) in [6, 6.07) is 2.02. The maximum absolute atomic E-state index is 11.9. The summed E-state index contributed by atoms with van der Waals surface area (Å²) in [7, 11) is 3.64. The van der Waals surface area contributed by atoms with Crippen LogP contribution in [0.4, 0.5) is 4.79 Å². The fourth-order valence-electron chi connectivity index (χ4n) is 1.62. The van der Waals surface area contributed by atoms with Gasteiger partial charge in [-0.3, -0.25) is 4.68 Å². The van der Waals surface area contributed by atoms with Gasteiger partial charge in [0.15, 0.2) is 0 Å². The van der Waals surface area contributed by atoms with Crippen molar-refractivity contribution < 1.29 is 9.53 Å². The second-order valence-corrected chi connectivity index (χ2v) is 6.05. The molecule has 1 rings (SSSR count). The molecule has 1 amide bonds. The van der Waals surface area contributed by atoms with Gasteiger partial charge in [-0.05, 0) is 33.8 Å². The lowest BCUT2D eigenvalue weighted by Crippen LogP contribution is -2.43. The molecule has 114 valence electrons. The molecule has 6 heteroatoms. The SMILES string of the molecule is C[C@H](CNCc1ccn(C)n1)N(C)C(=O)OC(C)(C)C.